The lowest BCUT2D eigenvalue weighted by Crippen LogP contribution is -2.55. The second-order valence-electron chi connectivity index (χ2n) is 8.36. The van der Waals surface area contributed by atoms with E-state index < -0.39 is 41.3 Å². The van der Waals surface area contributed by atoms with E-state index in [-0.39, 0.29) is 30.1 Å². The molecule has 2 atom stereocenters. The molecule has 1 saturated carbocycles. The minimum Gasteiger partial charge on any atom is -0.396 e. The van der Waals surface area contributed by atoms with Crippen LogP contribution in [-0.4, -0.2) is 34.8 Å². The number of nitrogens with one attached hydrogen (secondary N) is 2. The number of hydrogen-bond donors (Lipinski definition) is 3. The van der Waals surface area contributed by atoms with Crippen LogP contribution in [0.4, 0.5) is 38.1 Å². The molecule has 1 aliphatic carbocycles. The van der Waals surface area contributed by atoms with Crippen molar-refractivity contribution >= 4 is 11.8 Å². The van der Waals surface area contributed by atoms with Gasteiger partial charge in [-0.2, -0.15) is 31.3 Å². The van der Waals surface area contributed by atoms with Gasteiger partial charge in [0.15, 0.2) is 0 Å². The normalized spacial score (nSPS) is 20.2. The molecule has 2 aromatic heterocycles. The SMILES string of the molecule is CO[n+]1ccc(C(F)(F)F)c(CNc2ncc(C(F)(F)F)c(NC3CC(CO)C3(C)C)n2)c1. The average molecular weight is 480 g/mol. The lowest BCUT2D eigenvalue weighted by atomic mass is 9.59. The molecule has 0 radical (unpaired) electrons. The maximum atomic E-state index is 13.5. The van der Waals surface area contributed by atoms with E-state index in [4.69, 9.17) is 4.84 Å². The Labute approximate surface area is 185 Å². The van der Waals surface area contributed by atoms with Crippen molar-refractivity contribution in [2.24, 2.45) is 11.3 Å². The zero-order chi connectivity index (χ0) is 24.6. The van der Waals surface area contributed by atoms with Gasteiger partial charge in [0.2, 0.25) is 18.3 Å². The molecule has 1 aliphatic rings. The number of nitrogens with zero attached hydrogens (tertiary/aromatic N) is 3. The van der Waals surface area contributed by atoms with Crippen molar-refractivity contribution in [3.63, 3.8) is 0 Å². The van der Waals surface area contributed by atoms with Crippen LogP contribution in [0.25, 0.3) is 0 Å². The molecule has 1 fully saturated rings. The summed E-state index contributed by atoms with van der Waals surface area (Å²) in [6, 6.07) is 0.447. The fourth-order valence-electron chi connectivity index (χ4n) is 3.75. The monoisotopic (exact) mass is 480 g/mol. The van der Waals surface area contributed by atoms with Crippen molar-refractivity contribution in [2.75, 3.05) is 24.4 Å². The Morgan fingerprint density at radius 2 is 1.85 bits per heavy atom. The summed E-state index contributed by atoms with van der Waals surface area (Å²) in [6.07, 6.45) is -6.16. The maximum Gasteiger partial charge on any atom is 0.421 e. The molecule has 7 nitrogen and oxygen atoms in total. The average Bonchev–Trinajstić information content (AvgIpc) is 2.73. The Kier molecular flexibility index (Phi) is 6.65. The first-order chi connectivity index (χ1) is 15.3. The van der Waals surface area contributed by atoms with E-state index in [1.165, 1.54) is 7.11 Å². The fourth-order valence-corrected chi connectivity index (χ4v) is 3.75. The molecule has 0 saturated heterocycles. The molecular formula is C20H24F6N5O2+. The summed E-state index contributed by atoms with van der Waals surface area (Å²) in [4.78, 5) is 12.4. The summed E-state index contributed by atoms with van der Waals surface area (Å²) in [6.45, 7) is 3.14. The van der Waals surface area contributed by atoms with Gasteiger partial charge in [0.1, 0.15) is 18.5 Å². The number of aromatic nitrogens is 3. The summed E-state index contributed by atoms with van der Waals surface area (Å²) < 4.78 is 81.5. The quantitative estimate of drug-likeness (QED) is 0.417. The predicted molar refractivity (Wildman–Crippen MR) is 105 cm³/mol. The van der Waals surface area contributed by atoms with Crippen molar-refractivity contribution in [1.29, 1.82) is 0 Å². The number of halogens is 6. The van der Waals surface area contributed by atoms with Crippen LogP contribution in [0.15, 0.2) is 24.7 Å². The number of hydrogen-bond acceptors (Lipinski definition) is 6. The molecule has 33 heavy (non-hydrogen) atoms. The van der Waals surface area contributed by atoms with E-state index in [1.807, 2.05) is 13.8 Å². The first-order valence-electron chi connectivity index (χ1n) is 9.98. The molecule has 0 aromatic carbocycles. The van der Waals surface area contributed by atoms with Gasteiger partial charge in [-0.3, -0.25) is 4.84 Å². The Balaban J connectivity index is 1.86. The molecule has 182 valence electrons. The standard InChI is InChI=1S/C20H24F6N5O2/c1-18(2)12(10-32)6-15(18)29-16-14(20(24,25)26)8-28-17(30-16)27-7-11-9-31(33-3)5-4-13(11)19(21,22)23/h4-5,8-9,12,15,32H,6-7,10H2,1-3H3,(H2,27,28,29,30)/q+1. The lowest BCUT2D eigenvalue weighted by molar-refractivity contribution is -0.885. The molecule has 0 bridgehead atoms. The summed E-state index contributed by atoms with van der Waals surface area (Å²) in [7, 11) is 1.27. The molecule has 3 N–H and O–H groups in total. The fraction of sp³-hybridized carbons (Fsp3) is 0.550. The van der Waals surface area contributed by atoms with E-state index in [0.29, 0.717) is 12.6 Å². The van der Waals surface area contributed by atoms with Crippen LogP contribution in [0.1, 0.15) is 37.0 Å². The van der Waals surface area contributed by atoms with Gasteiger partial charge in [0.25, 0.3) is 0 Å². The number of alkyl halides is 6. The highest BCUT2D eigenvalue weighted by Crippen LogP contribution is 2.48. The van der Waals surface area contributed by atoms with Crippen LogP contribution >= 0.6 is 0 Å². The third-order valence-corrected chi connectivity index (χ3v) is 6.07. The second kappa shape index (κ2) is 8.84. The van der Waals surface area contributed by atoms with Crippen LogP contribution in [-0.2, 0) is 18.9 Å². The van der Waals surface area contributed by atoms with E-state index in [9.17, 15) is 31.4 Å². The minimum atomic E-state index is -4.74. The first-order valence-corrected chi connectivity index (χ1v) is 9.98. The van der Waals surface area contributed by atoms with Gasteiger partial charge >= 0.3 is 12.4 Å². The van der Waals surface area contributed by atoms with Gasteiger partial charge in [-0.05, 0) is 17.8 Å². The maximum absolute atomic E-state index is 13.5. The Bertz CT molecular complexity index is 996. The van der Waals surface area contributed by atoms with Crippen LogP contribution in [0, 0.1) is 11.3 Å². The van der Waals surface area contributed by atoms with Crippen molar-refractivity contribution in [2.45, 2.75) is 45.2 Å². The van der Waals surface area contributed by atoms with Crippen molar-refractivity contribution in [3.05, 3.63) is 41.3 Å². The Morgan fingerprint density at radius 1 is 1.18 bits per heavy atom. The van der Waals surface area contributed by atoms with Crippen molar-refractivity contribution < 1.29 is 41.0 Å². The highest BCUT2D eigenvalue weighted by Gasteiger charge is 2.48. The third kappa shape index (κ3) is 5.23. The van der Waals surface area contributed by atoms with Gasteiger partial charge in [0.05, 0.1) is 11.1 Å². The molecule has 3 rings (SSSR count). The van der Waals surface area contributed by atoms with Gasteiger partial charge < -0.3 is 15.7 Å². The summed E-state index contributed by atoms with van der Waals surface area (Å²) in [5, 5.41) is 14.7. The van der Waals surface area contributed by atoms with E-state index in [2.05, 4.69) is 20.6 Å². The second-order valence-corrected chi connectivity index (χ2v) is 8.36. The van der Waals surface area contributed by atoms with Crippen LogP contribution in [0.5, 0.6) is 0 Å². The largest absolute Gasteiger partial charge is 0.421 e. The molecule has 13 heteroatoms. The van der Waals surface area contributed by atoms with Gasteiger partial charge in [-0.25, -0.2) is 4.98 Å². The van der Waals surface area contributed by atoms with Crippen LogP contribution in [0.2, 0.25) is 0 Å². The molecule has 0 spiro atoms. The highest BCUT2D eigenvalue weighted by molar-refractivity contribution is 5.50. The van der Waals surface area contributed by atoms with E-state index in [0.717, 1.165) is 23.2 Å². The van der Waals surface area contributed by atoms with Crippen LogP contribution < -0.4 is 20.2 Å². The van der Waals surface area contributed by atoms with Crippen molar-refractivity contribution in [1.82, 2.24) is 9.97 Å². The molecule has 2 unspecified atom stereocenters. The van der Waals surface area contributed by atoms with E-state index >= 15 is 0 Å². The molecular weight excluding hydrogens is 456 g/mol. The zero-order valence-corrected chi connectivity index (χ0v) is 18.1. The number of anilines is 2. The summed E-state index contributed by atoms with van der Waals surface area (Å²) in [5.74, 6) is -0.831. The summed E-state index contributed by atoms with van der Waals surface area (Å²) >= 11 is 0. The van der Waals surface area contributed by atoms with E-state index in [1.54, 1.807) is 0 Å². The molecule has 2 aromatic rings. The third-order valence-electron chi connectivity index (χ3n) is 6.07. The van der Waals surface area contributed by atoms with Crippen LogP contribution in [0.3, 0.4) is 0 Å². The molecule has 0 amide bonds. The molecule has 0 aliphatic heterocycles. The zero-order valence-electron chi connectivity index (χ0n) is 18.1. The van der Waals surface area contributed by atoms with Gasteiger partial charge in [-0.15, -0.1) is 0 Å². The molecule has 2 heterocycles. The minimum absolute atomic E-state index is 0.0740. The topological polar surface area (TPSA) is 83.2 Å². The first kappa shape index (κ1) is 24.8. The number of pyridine rings is 1. The number of rotatable bonds is 7. The Hall–Kier alpha value is -2.83. The number of aliphatic hydroxyl groups is 1. The lowest BCUT2D eigenvalue weighted by Gasteiger charge is -2.52. The summed E-state index contributed by atoms with van der Waals surface area (Å²) in [5.41, 5.74) is -2.71. The van der Waals surface area contributed by atoms with Gasteiger partial charge in [0, 0.05) is 36.2 Å². The predicted octanol–water partition coefficient (Wildman–Crippen LogP) is 3.29. The smallest absolute Gasteiger partial charge is 0.396 e. The van der Waals surface area contributed by atoms with Crippen molar-refractivity contribution in [3.8, 4) is 0 Å². The highest BCUT2D eigenvalue weighted by atomic mass is 19.4. The Morgan fingerprint density at radius 3 is 2.39 bits per heavy atom. The van der Waals surface area contributed by atoms with Gasteiger partial charge in [-0.1, -0.05) is 13.8 Å². The number of aliphatic hydroxyl groups excluding tert-OH is 1.